The Hall–Kier alpha value is -4.73. The van der Waals surface area contributed by atoms with Crippen LogP contribution in [0, 0.1) is 11.3 Å². The Morgan fingerprint density at radius 3 is 2.28 bits per heavy atom. The van der Waals surface area contributed by atoms with Gasteiger partial charge in [0.15, 0.2) is 11.5 Å². The number of furan rings is 1. The van der Waals surface area contributed by atoms with Crippen LogP contribution < -0.4 is 24.4 Å². The number of nitrogens with zero attached hydrogens (tertiary/aromatic N) is 2. The zero-order valence-electron chi connectivity index (χ0n) is 21.4. The highest BCUT2D eigenvalue weighted by molar-refractivity contribution is 7.92. The van der Waals surface area contributed by atoms with Crippen molar-refractivity contribution in [2.24, 2.45) is 0 Å². The first-order valence-corrected chi connectivity index (χ1v) is 13.5. The standard InChI is InChI=1S/C27H26N4O7S/c1-29-27(33)38-26-21-14-24(36-2)22(31(12-13-32)39(3,34)35)15-23(21)37-25(26)18-6-10-20(11-7-18)30-19-8-4-17(16-28)5-9-19/h4-11,14-15,30,32H,12-13H2,1-3H3,(H,29,33). The van der Waals surface area contributed by atoms with E-state index in [1.807, 2.05) is 12.1 Å². The third kappa shape index (κ3) is 5.90. The molecule has 0 aliphatic rings. The van der Waals surface area contributed by atoms with Crippen LogP contribution in [0.1, 0.15) is 5.56 Å². The van der Waals surface area contributed by atoms with Gasteiger partial charge in [-0.05, 0) is 54.6 Å². The number of aliphatic hydroxyl groups excluding tert-OH is 1. The van der Waals surface area contributed by atoms with Crippen LogP contribution in [0.25, 0.3) is 22.3 Å². The van der Waals surface area contributed by atoms with E-state index in [0.29, 0.717) is 16.5 Å². The average molecular weight is 551 g/mol. The molecular formula is C27H26N4O7S. The van der Waals surface area contributed by atoms with Gasteiger partial charge in [-0.3, -0.25) is 4.31 Å². The lowest BCUT2D eigenvalue weighted by Crippen LogP contribution is -2.32. The molecule has 39 heavy (non-hydrogen) atoms. The number of amides is 1. The number of hydrogen-bond acceptors (Lipinski definition) is 9. The zero-order valence-corrected chi connectivity index (χ0v) is 22.2. The van der Waals surface area contributed by atoms with Gasteiger partial charge in [-0.1, -0.05) is 0 Å². The first-order chi connectivity index (χ1) is 18.7. The minimum atomic E-state index is -3.76. The summed E-state index contributed by atoms with van der Waals surface area (Å²) in [4.78, 5) is 12.2. The fraction of sp³-hybridized carbons (Fsp3) is 0.185. The fourth-order valence-corrected chi connectivity index (χ4v) is 4.85. The lowest BCUT2D eigenvalue weighted by Gasteiger charge is -2.23. The Morgan fingerprint density at radius 2 is 1.74 bits per heavy atom. The quantitative estimate of drug-likeness (QED) is 0.278. The van der Waals surface area contributed by atoms with Crippen LogP contribution in [0.3, 0.4) is 0 Å². The number of nitrogens with one attached hydrogen (secondary N) is 2. The van der Waals surface area contributed by atoms with Crippen molar-refractivity contribution in [1.29, 1.82) is 5.26 Å². The van der Waals surface area contributed by atoms with E-state index >= 15 is 0 Å². The number of ether oxygens (including phenoxy) is 2. The number of hydrogen-bond donors (Lipinski definition) is 3. The van der Waals surface area contributed by atoms with Crippen molar-refractivity contribution in [2.45, 2.75) is 0 Å². The molecular weight excluding hydrogens is 524 g/mol. The van der Waals surface area contributed by atoms with Crippen LogP contribution in [0.2, 0.25) is 0 Å². The van der Waals surface area contributed by atoms with Crippen molar-refractivity contribution in [3.63, 3.8) is 0 Å². The van der Waals surface area contributed by atoms with Crippen LogP contribution in [0.15, 0.2) is 65.1 Å². The van der Waals surface area contributed by atoms with Gasteiger partial charge in [0.25, 0.3) is 0 Å². The molecule has 0 radical (unpaired) electrons. The average Bonchev–Trinajstić information content (AvgIpc) is 3.27. The van der Waals surface area contributed by atoms with Crippen LogP contribution in [0.4, 0.5) is 21.9 Å². The Bertz CT molecular complexity index is 1640. The smallest absolute Gasteiger partial charge is 0.412 e. The van der Waals surface area contributed by atoms with Crippen molar-refractivity contribution >= 4 is 44.1 Å². The summed E-state index contributed by atoms with van der Waals surface area (Å²) in [5.74, 6) is 0.540. The van der Waals surface area contributed by atoms with Gasteiger partial charge >= 0.3 is 6.09 Å². The van der Waals surface area contributed by atoms with Gasteiger partial charge in [-0.15, -0.1) is 0 Å². The SMILES string of the molecule is CNC(=O)Oc1c(-c2ccc(Nc3ccc(C#N)cc3)cc2)oc2cc(N(CCO)S(C)(=O)=O)c(OC)cc12. The van der Waals surface area contributed by atoms with Crippen LogP contribution in [-0.2, 0) is 10.0 Å². The molecule has 1 heterocycles. The Kier molecular flexibility index (Phi) is 7.94. The first-order valence-electron chi connectivity index (χ1n) is 11.7. The van der Waals surface area contributed by atoms with E-state index in [9.17, 15) is 18.3 Å². The molecule has 0 atom stereocenters. The monoisotopic (exact) mass is 550 g/mol. The minimum absolute atomic E-state index is 0.120. The molecule has 0 aliphatic heterocycles. The summed E-state index contributed by atoms with van der Waals surface area (Å²) < 4.78 is 43.0. The van der Waals surface area contributed by atoms with Crippen LogP contribution in [0.5, 0.6) is 11.5 Å². The molecule has 0 bridgehead atoms. The van der Waals surface area contributed by atoms with Crippen LogP contribution >= 0.6 is 0 Å². The lowest BCUT2D eigenvalue weighted by molar-refractivity contribution is 0.203. The molecule has 202 valence electrons. The predicted octanol–water partition coefficient (Wildman–Crippen LogP) is 4.20. The van der Waals surface area contributed by atoms with Gasteiger partial charge in [0.2, 0.25) is 10.0 Å². The maximum absolute atomic E-state index is 12.4. The third-order valence-electron chi connectivity index (χ3n) is 5.76. The van der Waals surface area contributed by atoms with Gasteiger partial charge in [0.05, 0.1) is 49.2 Å². The largest absolute Gasteiger partial charge is 0.495 e. The molecule has 4 aromatic rings. The molecule has 0 saturated heterocycles. The number of benzene rings is 3. The number of methoxy groups -OCH3 is 1. The number of sulfonamides is 1. The number of carbonyl (C=O) groups is 1. The Balaban J connectivity index is 1.79. The van der Waals surface area contributed by atoms with Gasteiger partial charge < -0.3 is 29.6 Å². The molecule has 3 N–H and O–H groups in total. The summed E-state index contributed by atoms with van der Waals surface area (Å²) >= 11 is 0. The highest BCUT2D eigenvalue weighted by Crippen LogP contribution is 2.45. The van der Waals surface area contributed by atoms with Crippen LogP contribution in [-0.4, -0.2) is 53.2 Å². The van der Waals surface area contributed by atoms with Crippen molar-refractivity contribution in [3.05, 3.63) is 66.2 Å². The van der Waals surface area contributed by atoms with E-state index in [1.54, 1.807) is 36.4 Å². The van der Waals surface area contributed by atoms with Gasteiger partial charge in [0, 0.05) is 30.1 Å². The lowest BCUT2D eigenvalue weighted by atomic mass is 10.1. The molecule has 0 spiro atoms. The van der Waals surface area contributed by atoms with Gasteiger partial charge in [-0.25, -0.2) is 13.2 Å². The topological polar surface area (TPSA) is 154 Å². The Morgan fingerprint density at radius 1 is 1.10 bits per heavy atom. The number of aliphatic hydroxyl groups is 1. The minimum Gasteiger partial charge on any atom is -0.495 e. The molecule has 0 saturated carbocycles. The van der Waals surface area contributed by atoms with Crippen molar-refractivity contribution in [2.75, 3.05) is 43.2 Å². The van der Waals surface area contributed by atoms with Crippen molar-refractivity contribution in [1.82, 2.24) is 5.32 Å². The van der Waals surface area contributed by atoms with E-state index in [1.165, 1.54) is 26.3 Å². The second-order valence-electron chi connectivity index (χ2n) is 8.37. The fourth-order valence-electron chi connectivity index (χ4n) is 3.94. The van der Waals surface area contributed by atoms with E-state index in [0.717, 1.165) is 21.9 Å². The molecule has 1 amide bonds. The highest BCUT2D eigenvalue weighted by atomic mass is 32.2. The summed E-state index contributed by atoms with van der Waals surface area (Å²) in [7, 11) is -0.960. The number of carbonyl (C=O) groups excluding carboxylic acids is 1. The molecule has 0 aliphatic carbocycles. The molecule has 3 aromatic carbocycles. The molecule has 4 rings (SSSR count). The highest BCUT2D eigenvalue weighted by Gasteiger charge is 2.26. The first kappa shape index (κ1) is 27.3. The van der Waals surface area contributed by atoms with Gasteiger partial charge in [0.1, 0.15) is 11.3 Å². The third-order valence-corrected chi connectivity index (χ3v) is 6.94. The van der Waals surface area contributed by atoms with E-state index in [-0.39, 0.29) is 35.1 Å². The predicted molar refractivity (Wildman–Crippen MR) is 147 cm³/mol. The van der Waals surface area contributed by atoms with Crippen molar-refractivity contribution < 1.29 is 32.2 Å². The summed E-state index contributed by atoms with van der Waals surface area (Å²) in [6, 6.07) is 19.2. The zero-order chi connectivity index (χ0) is 28.2. The normalized spacial score (nSPS) is 11.1. The second kappa shape index (κ2) is 11.3. The number of anilines is 3. The maximum Gasteiger partial charge on any atom is 0.412 e. The Labute approximate surface area is 225 Å². The number of rotatable bonds is 9. The molecule has 12 heteroatoms. The molecule has 1 aromatic heterocycles. The summed E-state index contributed by atoms with van der Waals surface area (Å²) in [6.07, 6.45) is 0.298. The van der Waals surface area contributed by atoms with Gasteiger partial charge in [-0.2, -0.15) is 5.26 Å². The van der Waals surface area contributed by atoms with E-state index in [4.69, 9.17) is 19.2 Å². The number of fused-ring (bicyclic) bond motifs is 1. The summed E-state index contributed by atoms with van der Waals surface area (Å²) in [5, 5.41) is 24.5. The maximum atomic E-state index is 12.4. The summed E-state index contributed by atoms with van der Waals surface area (Å²) in [5.41, 5.74) is 3.12. The second-order valence-corrected chi connectivity index (χ2v) is 10.3. The molecule has 0 unspecified atom stereocenters. The van der Waals surface area contributed by atoms with E-state index in [2.05, 4.69) is 16.7 Å². The molecule has 0 fully saturated rings. The molecule has 11 nitrogen and oxygen atoms in total. The van der Waals surface area contributed by atoms with E-state index < -0.39 is 22.7 Å². The number of nitriles is 1. The van der Waals surface area contributed by atoms with Crippen molar-refractivity contribution in [3.8, 4) is 28.9 Å². The summed E-state index contributed by atoms with van der Waals surface area (Å²) in [6.45, 7) is -0.602.